The molecule has 0 fully saturated rings. The molecule has 0 bridgehead atoms. The summed E-state index contributed by atoms with van der Waals surface area (Å²) in [5.74, 6) is 0. The van der Waals surface area contributed by atoms with E-state index in [-0.39, 0.29) is 0 Å². The topological polar surface area (TPSA) is 29.0 Å². The minimum atomic E-state index is 0.962. The predicted molar refractivity (Wildman–Crippen MR) is 228 cm³/mol. The molecule has 3 nitrogen and oxygen atoms in total. The van der Waals surface area contributed by atoms with Crippen LogP contribution < -0.4 is 4.90 Å². The molecular formula is C51H35N3. The molecule has 3 heteroatoms. The summed E-state index contributed by atoms with van der Waals surface area (Å²) < 4.78 is 0. The first kappa shape index (κ1) is 31.6. The molecule has 0 aliphatic heterocycles. The van der Waals surface area contributed by atoms with Gasteiger partial charge in [0.2, 0.25) is 0 Å². The predicted octanol–water partition coefficient (Wildman–Crippen LogP) is 13.9. The van der Waals surface area contributed by atoms with Crippen LogP contribution in [0.5, 0.6) is 0 Å². The van der Waals surface area contributed by atoms with E-state index in [9.17, 15) is 0 Å². The Morgan fingerprint density at radius 3 is 1.26 bits per heavy atom. The van der Waals surface area contributed by atoms with E-state index < -0.39 is 0 Å². The molecule has 8 aromatic carbocycles. The van der Waals surface area contributed by atoms with Crippen LogP contribution in [0.1, 0.15) is 5.56 Å². The lowest BCUT2D eigenvalue weighted by atomic mass is 9.82. The molecule has 54 heavy (non-hydrogen) atoms. The third kappa shape index (κ3) is 5.29. The first-order chi connectivity index (χ1) is 26.7. The number of hydrogen-bond acceptors (Lipinski definition) is 3. The third-order valence-electron chi connectivity index (χ3n) is 10.6. The Morgan fingerprint density at radius 2 is 0.741 bits per heavy atom. The first-order valence-corrected chi connectivity index (χ1v) is 18.4. The molecule has 0 radical (unpaired) electrons. The number of hydrogen-bond donors (Lipinski definition) is 0. The highest BCUT2D eigenvalue weighted by molar-refractivity contribution is 6.36. The zero-order valence-electron chi connectivity index (χ0n) is 29.8. The normalized spacial score (nSPS) is 11.4. The number of aromatic nitrogens is 2. The molecule has 0 saturated carbocycles. The fourth-order valence-electron chi connectivity index (χ4n) is 8.16. The molecule has 0 saturated heterocycles. The molecule has 10 rings (SSSR count). The molecule has 2 heterocycles. The summed E-state index contributed by atoms with van der Waals surface area (Å²) in [6.07, 6.45) is 3.74. The van der Waals surface area contributed by atoms with E-state index in [1.165, 1.54) is 65.3 Å². The Morgan fingerprint density at radius 1 is 0.333 bits per heavy atom. The van der Waals surface area contributed by atoms with Crippen LogP contribution in [-0.4, -0.2) is 9.97 Å². The Hall–Kier alpha value is -7.10. The molecule has 2 aromatic heterocycles. The Bertz CT molecular complexity index is 2950. The van der Waals surface area contributed by atoms with Crippen LogP contribution in [0.25, 0.3) is 76.7 Å². The largest absolute Gasteiger partial charge is 0.311 e. The SMILES string of the molecule is Cc1ccc(N(c2ccc(-c3ccccn3)cc2)c2ccc(-c3c4ccccc4c(-c4ccccn4)c4c5ccccc5c5ccccc5c34)cc2)cc1. The highest BCUT2D eigenvalue weighted by Crippen LogP contribution is 2.49. The Labute approximate surface area is 314 Å². The number of pyridine rings is 2. The average molecular weight is 690 g/mol. The maximum absolute atomic E-state index is 4.95. The van der Waals surface area contributed by atoms with Crippen molar-refractivity contribution in [2.24, 2.45) is 0 Å². The minimum absolute atomic E-state index is 0.962. The van der Waals surface area contributed by atoms with Crippen molar-refractivity contribution < 1.29 is 0 Å². The van der Waals surface area contributed by atoms with E-state index in [1.54, 1.807) is 0 Å². The van der Waals surface area contributed by atoms with Gasteiger partial charge < -0.3 is 4.90 Å². The highest BCUT2D eigenvalue weighted by Gasteiger charge is 2.22. The maximum atomic E-state index is 4.95. The molecule has 10 aromatic rings. The fraction of sp³-hybridized carbons (Fsp3) is 0.0196. The Balaban J connectivity index is 1.22. The van der Waals surface area contributed by atoms with Crippen LogP contribution in [0.4, 0.5) is 17.1 Å². The van der Waals surface area contributed by atoms with Crippen molar-refractivity contribution in [3.8, 4) is 33.6 Å². The van der Waals surface area contributed by atoms with Crippen LogP contribution in [0, 0.1) is 6.92 Å². The van der Waals surface area contributed by atoms with Crippen LogP contribution in [0.2, 0.25) is 0 Å². The monoisotopic (exact) mass is 689 g/mol. The number of aryl methyl sites for hydroxylation is 1. The van der Waals surface area contributed by atoms with Crippen LogP contribution in [-0.2, 0) is 0 Å². The second-order valence-corrected chi connectivity index (χ2v) is 13.8. The molecule has 0 unspecified atom stereocenters. The smallest absolute Gasteiger partial charge is 0.0714 e. The van der Waals surface area contributed by atoms with E-state index in [2.05, 4.69) is 175 Å². The van der Waals surface area contributed by atoms with E-state index in [4.69, 9.17) is 4.98 Å². The van der Waals surface area contributed by atoms with Gasteiger partial charge in [0.25, 0.3) is 0 Å². The summed E-state index contributed by atoms with van der Waals surface area (Å²) in [5.41, 5.74) is 11.1. The summed E-state index contributed by atoms with van der Waals surface area (Å²) in [6, 6.07) is 65.3. The summed E-state index contributed by atoms with van der Waals surface area (Å²) >= 11 is 0. The Kier molecular flexibility index (Phi) is 7.70. The number of anilines is 3. The van der Waals surface area contributed by atoms with E-state index in [0.717, 1.165) is 34.0 Å². The van der Waals surface area contributed by atoms with Crippen molar-refractivity contribution in [1.82, 2.24) is 9.97 Å². The lowest BCUT2D eigenvalue weighted by Crippen LogP contribution is -2.09. The van der Waals surface area contributed by atoms with Crippen molar-refractivity contribution in [2.75, 3.05) is 4.90 Å². The quantitative estimate of drug-likeness (QED) is 0.129. The first-order valence-electron chi connectivity index (χ1n) is 18.4. The van der Waals surface area contributed by atoms with Gasteiger partial charge in [0.05, 0.1) is 11.4 Å². The molecule has 0 spiro atoms. The van der Waals surface area contributed by atoms with Gasteiger partial charge in [0, 0.05) is 46.0 Å². The van der Waals surface area contributed by atoms with Gasteiger partial charge in [-0.3, -0.25) is 9.97 Å². The van der Waals surface area contributed by atoms with Crippen molar-refractivity contribution in [3.63, 3.8) is 0 Å². The summed E-state index contributed by atoms with van der Waals surface area (Å²) in [5, 5.41) is 9.85. The number of benzene rings is 8. The molecule has 0 aliphatic rings. The molecule has 0 aliphatic carbocycles. The number of fused-ring (bicyclic) bond motifs is 7. The van der Waals surface area contributed by atoms with E-state index >= 15 is 0 Å². The molecule has 254 valence electrons. The minimum Gasteiger partial charge on any atom is -0.311 e. The van der Waals surface area contributed by atoms with Crippen molar-refractivity contribution in [2.45, 2.75) is 6.92 Å². The van der Waals surface area contributed by atoms with Crippen molar-refractivity contribution in [3.05, 3.63) is 200 Å². The molecular weight excluding hydrogens is 655 g/mol. The van der Waals surface area contributed by atoms with E-state index in [0.29, 0.717) is 0 Å². The lowest BCUT2D eigenvalue weighted by molar-refractivity contribution is 1.27. The van der Waals surface area contributed by atoms with Gasteiger partial charge in [-0.2, -0.15) is 0 Å². The molecule has 0 N–H and O–H groups in total. The van der Waals surface area contributed by atoms with Gasteiger partial charge in [-0.05, 0) is 116 Å². The standard InChI is InChI=1S/C51H35N3/c1-34-20-26-37(27-21-34)54(38-28-22-35(23-29-38)46-18-8-10-32-52-46)39-30-24-36(25-31-39)48-44-16-6-7-17-45(44)49(47-19-9-11-33-53-47)51-43-15-5-3-13-41(43)40-12-2-4-14-42(40)50(48)51/h2-33H,1H3. The van der Waals surface area contributed by atoms with Gasteiger partial charge in [-0.15, -0.1) is 0 Å². The van der Waals surface area contributed by atoms with Crippen LogP contribution in [0.3, 0.4) is 0 Å². The highest BCUT2D eigenvalue weighted by atomic mass is 15.1. The van der Waals surface area contributed by atoms with Crippen molar-refractivity contribution in [1.29, 1.82) is 0 Å². The van der Waals surface area contributed by atoms with Crippen LogP contribution in [0.15, 0.2) is 194 Å². The maximum Gasteiger partial charge on any atom is 0.0714 e. The van der Waals surface area contributed by atoms with Gasteiger partial charge in [0.15, 0.2) is 0 Å². The lowest BCUT2D eigenvalue weighted by Gasteiger charge is -2.26. The zero-order valence-corrected chi connectivity index (χ0v) is 29.8. The second-order valence-electron chi connectivity index (χ2n) is 13.8. The van der Waals surface area contributed by atoms with Gasteiger partial charge in [-0.1, -0.05) is 127 Å². The van der Waals surface area contributed by atoms with Gasteiger partial charge in [0.1, 0.15) is 0 Å². The fourth-order valence-corrected chi connectivity index (χ4v) is 8.16. The van der Waals surface area contributed by atoms with E-state index in [1.807, 2.05) is 36.7 Å². The zero-order chi connectivity index (χ0) is 36.0. The third-order valence-corrected chi connectivity index (χ3v) is 10.6. The molecule has 0 amide bonds. The summed E-state index contributed by atoms with van der Waals surface area (Å²) in [7, 11) is 0. The second kappa shape index (κ2) is 13.1. The van der Waals surface area contributed by atoms with Gasteiger partial charge in [-0.25, -0.2) is 0 Å². The summed E-state index contributed by atoms with van der Waals surface area (Å²) in [4.78, 5) is 11.8. The number of nitrogens with zero attached hydrogens (tertiary/aromatic N) is 3. The van der Waals surface area contributed by atoms with Crippen molar-refractivity contribution >= 4 is 60.2 Å². The molecule has 0 atom stereocenters. The average Bonchev–Trinajstić information content (AvgIpc) is 3.25. The summed E-state index contributed by atoms with van der Waals surface area (Å²) in [6.45, 7) is 2.13. The number of rotatable bonds is 6. The van der Waals surface area contributed by atoms with Gasteiger partial charge >= 0.3 is 0 Å². The van der Waals surface area contributed by atoms with Crippen LogP contribution >= 0.6 is 0 Å².